The van der Waals surface area contributed by atoms with Gasteiger partial charge in [-0.05, 0) is 50.8 Å². The van der Waals surface area contributed by atoms with Crippen LogP contribution < -0.4 is 10.2 Å². The highest BCUT2D eigenvalue weighted by atomic mass is 15.2. The summed E-state index contributed by atoms with van der Waals surface area (Å²) in [5, 5.41) is 3.76. The highest BCUT2D eigenvalue weighted by molar-refractivity contribution is 5.39. The molecule has 0 radical (unpaired) electrons. The number of nitrogens with zero attached hydrogens (tertiary/aromatic N) is 2. The number of nitrogens with one attached hydrogen (secondary N) is 1. The van der Waals surface area contributed by atoms with Gasteiger partial charge in [0.1, 0.15) is 5.82 Å². The summed E-state index contributed by atoms with van der Waals surface area (Å²) in [5.74, 6) is 1.04. The minimum Gasteiger partial charge on any atom is -0.351 e. The molecule has 1 aromatic carbocycles. The Morgan fingerprint density at radius 1 is 1.08 bits per heavy atom. The van der Waals surface area contributed by atoms with Crippen molar-refractivity contribution >= 4 is 5.82 Å². The van der Waals surface area contributed by atoms with Gasteiger partial charge in [0.15, 0.2) is 0 Å². The summed E-state index contributed by atoms with van der Waals surface area (Å²) >= 11 is 0. The monoisotopic (exact) mass is 335 g/mol. The van der Waals surface area contributed by atoms with Crippen molar-refractivity contribution in [2.24, 2.45) is 0 Å². The summed E-state index contributed by atoms with van der Waals surface area (Å²) in [7, 11) is 0. The second-order valence-corrected chi connectivity index (χ2v) is 6.96. The van der Waals surface area contributed by atoms with Crippen molar-refractivity contribution in [1.82, 2.24) is 10.3 Å². The van der Waals surface area contributed by atoms with E-state index in [4.69, 9.17) is 0 Å². The third-order valence-corrected chi connectivity index (χ3v) is 5.20. The topological polar surface area (TPSA) is 28.2 Å². The second-order valence-electron chi connectivity index (χ2n) is 6.96. The Morgan fingerprint density at radius 2 is 1.88 bits per heavy atom. The summed E-state index contributed by atoms with van der Waals surface area (Å²) in [6, 6.07) is 17.3. The Morgan fingerprint density at radius 3 is 2.64 bits per heavy atom. The predicted octanol–water partition coefficient (Wildman–Crippen LogP) is 4.57. The van der Waals surface area contributed by atoms with Crippen molar-refractivity contribution in [1.29, 1.82) is 0 Å². The van der Waals surface area contributed by atoms with Gasteiger partial charge in [-0.2, -0.15) is 0 Å². The highest BCUT2D eigenvalue weighted by Crippen LogP contribution is 2.24. The maximum atomic E-state index is 4.56. The smallest absolute Gasteiger partial charge is 0.128 e. The SMILES string of the molecule is CC1=C(C)C(NCCN(Cc2ccccc2)c2ccccn2)CCC1. The first-order valence-corrected chi connectivity index (χ1v) is 9.33. The molecule has 0 fully saturated rings. The van der Waals surface area contributed by atoms with Gasteiger partial charge in [-0.3, -0.25) is 0 Å². The Labute approximate surface area is 151 Å². The van der Waals surface area contributed by atoms with Gasteiger partial charge in [0.25, 0.3) is 0 Å². The first-order valence-electron chi connectivity index (χ1n) is 9.33. The van der Waals surface area contributed by atoms with Gasteiger partial charge in [-0.25, -0.2) is 4.98 Å². The van der Waals surface area contributed by atoms with Gasteiger partial charge in [-0.1, -0.05) is 47.5 Å². The molecular weight excluding hydrogens is 306 g/mol. The molecule has 0 aliphatic heterocycles. The molecule has 3 heteroatoms. The molecule has 0 saturated heterocycles. The van der Waals surface area contributed by atoms with E-state index in [9.17, 15) is 0 Å². The Bertz CT molecular complexity index is 679. The zero-order valence-corrected chi connectivity index (χ0v) is 15.4. The van der Waals surface area contributed by atoms with Gasteiger partial charge < -0.3 is 10.2 Å². The van der Waals surface area contributed by atoms with Crippen LogP contribution in [0.25, 0.3) is 0 Å². The maximum Gasteiger partial charge on any atom is 0.128 e. The second kappa shape index (κ2) is 8.82. The standard InChI is InChI=1S/C22H29N3/c1-18-9-8-12-21(19(18)2)23-15-16-25(22-13-6-7-14-24-22)17-20-10-4-3-5-11-20/h3-7,10-11,13-14,21,23H,8-9,12,15-17H2,1-2H3. The van der Waals surface area contributed by atoms with Crippen LogP contribution in [-0.2, 0) is 6.54 Å². The minimum absolute atomic E-state index is 0.538. The van der Waals surface area contributed by atoms with E-state index in [-0.39, 0.29) is 0 Å². The summed E-state index contributed by atoms with van der Waals surface area (Å²) in [6.07, 6.45) is 5.69. The van der Waals surface area contributed by atoms with Crippen LogP contribution in [0.4, 0.5) is 5.82 Å². The van der Waals surface area contributed by atoms with Crippen LogP contribution in [0.5, 0.6) is 0 Å². The summed E-state index contributed by atoms with van der Waals surface area (Å²) in [4.78, 5) is 6.91. The third kappa shape index (κ3) is 4.93. The molecule has 25 heavy (non-hydrogen) atoms. The van der Waals surface area contributed by atoms with Crippen LogP contribution in [0.15, 0.2) is 65.9 Å². The molecule has 1 N–H and O–H groups in total. The molecule has 3 rings (SSSR count). The lowest BCUT2D eigenvalue weighted by atomic mass is 9.89. The van der Waals surface area contributed by atoms with Gasteiger partial charge in [0.2, 0.25) is 0 Å². The molecule has 1 heterocycles. The van der Waals surface area contributed by atoms with Crippen molar-refractivity contribution in [2.45, 2.75) is 45.7 Å². The van der Waals surface area contributed by atoms with Crippen LogP contribution in [-0.4, -0.2) is 24.1 Å². The van der Waals surface area contributed by atoms with Gasteiger partial charge in [0, 0.05) is 31.9 Å². The lowest BCUT2D eigenvalue weighted by Crippen LogP contribution is -2.39. The van der Waals surface area contributed by atoms with E-state index in [1.165, 1.54) is 24.8 Å². The van der Waals surface area contributed by atoms with E-state index in [1.807, 2.05) is 12.3 Å². The Hall–Kier alpha value is -2.13. The largest absolute Gasteiger partial charge is 0.351 e. The lowest BCUT2D eigenvalue weighted by Gasteiger charge is -2.29. The van der Waals surface area contributed by atoms with E-state index in [0.29, 0.717) is 6.04 Å². The van der Waals surface area contributed by atoms with E-state index in [0.717, 1.165) is 25.5 Å². The normalized spacial score (nSPS) is 17.6. The fraction of sp³-hybridized carbons (Fsp3) is 0.409. The zero-order valence-electron chi connectivity index (χ0n) is 15.4. The fourth-order valence-electron chi connectivity index (χ4n) is 3.53. The van der Waals surface area contributed by atoms with Gasteiger partial charge in [0.05, 0.1) is 0 Å². The lowest BCUT2D eigenvalue weighted by molar-refractivity contribution is 0.489. The highest BCUT2D eigenvalue weighted by Gasteiger charge is 2.17. The van der Waals surface area contributed by atoms with Crippen LogP contribution >= 0.6 is 0 Å². The van der Waals surface area contributed by atoms with Gasteiger partial charge in [-0.15, -0.1) is 0 Å². The Balaban J connectivity index is 1.63. The minimum atomic E-state index is 0.538. The van der Waals surface area contributed by atoms with Crippen LogP contribution in [0, 0.1) is 0 Å². The molecule has 1 atom stereocenters. The number of rotatable bonds is 7. The molecule has 132 valence electrons. The van der Waals surface area contributed by atoms with E-state index >= 15 is 0 Å². The number of allylic oxidation sites excluding steroid dienone is 1. The molecule has 0 saturated carbocycles. The first-order chi connectivity index (χ1) is 12.2. The van der Waals surface area contributed by atoms with Crippen molar-refractivity contribution in [2.75, 3.05) is 18.0 Å². The van der Waals surface area contributed by atoms with Crippen molar-refractivity contribution < 1.29 is 0 Å². The van der Waals surface area contributed by atoms with Crippen molar-refractivity contribution in [3.05, 3.63) is 71.4 Å². The zero-order chi connectivity index (χ0) is 17.5. The summed E-state index contributed by atoms with van der Waals surface area (Å²) in [5.41, 5.74) is 4.42. The number of hydrogen-bond acceptors (Lipinski definition) is 3. The molecule has 2 aromatic rings. The first kappa shape index (κ1) is 17.7. The molecule has 1 unspecified atom stereocenters. The van der Waals surface area contributed by atoms with E-state index in [1.54, 1.807) is 11.1 Å². The molecule has 3 nitrogen and oxygen atoms in total. The van der Waals surface area contributed by atoms with Gasteiger partial charge >= 0.3 is 0 Å². The maximum absolute atomic E-state index is 4.56. The molecule has 0 spiro atoms. The molecule has 1 aliphatic carbocycles. The Kier molecular flexibility index (Phi) is 6.24. The van der Waals surface area contributed by atoms with Crippen LogP contribution in [0.3, 0.4) is 0 Å². The molecule has 0 bridgehead atoms. The fourth-order valence-corrected chi connectivity index (χ4v) is 3.53. The van der Waals surface area contributed by atoms with E-state index in [2.05, 4.69) is 71.5 Å². The molecule has 1 aromatic heterocycles. The van der Waals surface area contributed by atoms with E-state index < -0.39 is 0 Å². The number of anilines is 1. The molecule has 0 amide bonds. The molecule has 1 aliphatic rings. The predicted molar refractivity (Wildman–Crippen MR) is 106 cm³/mol. The number of benzene rings is 1. The molecular formula is C22H29N3. The van der Waals surface area contributed by atoms with Crippen LogP contribution in [0.2, 0.25) is 0 Å². The van der Waals surface area contributed by atoms with Crippen molar-refractivity contribution in [3.63, 3.8) is 0 Å². The summed E-state index contributed by atoms with van der Waals surface area (Å²) < 4.78 is 0. The summed E-state index contributed by atoms with van der Waals surface area (Å²) in [6.45, 7) is 7.37. The average Bonchev–Trinajstić information content (AvgIpc) is 2.66. The number of aromatic nitrogens is 1. The number of hydrogen-bond donors (Lipinski definition) is 1. The average molecular weight is 335 g/mol. The van der Waals surface area contributed by atoms with Crippen LogP contribution in [0.1, 0.15) is 38.7 Å². The quantitative estimate of drug-likeness (QED) is 0.752. The number of pyridine rings is 1. The van der Waals surface area contributed by atoms with Crippen molar-refractivity contribution in [3.8, 4) is 0 Å². The third-order valence-electron chi connectivity index (χ3n) is 5.20.